The molecule has 0 saturated carbocycles. The first-order chi connectivity index (χ1) is 19.0. The van der Waals surface area contributed by atoms with Crippen LogP contribution >= 0.6 is 0 Å². The number of hydrogen-bond acceptors (Lipinski definition) is 11. The van der Waals surface area contributed by atoms with Crippen LogP contribution in [-0.2, 0) is 33.3 Å². The summed E-state index contributed by atoms with van der Waals surface area (Å²) in [7, 11) is 0. The molecule has 2 heterocycles. The van der Waals surface area contributed by atoms with Gasteiger partial charge in [0, 0.05) is 19.0 Å². The van der Waals surface area contributed by atoms with Crippen LogP contribution in [0.4, 0.5) is 0 Å². The van der Waals surface area contributed by atoms with Crippen LogP contribution < -0.4 is 10.6 Å². The lowest BCUT2D eigenvalue weighted by Gasteiger charge is -2.45. The maximum atomic E-state index is 12.8. The highest BCUT2D eigenvalue weighted by Crippen LogP contribution is 2.31. The van der Waals surface area contributed by atoms with Crippen LogP contribution in [0.15, 0.2) is 12.2 Å². The lowest BCUT2D eigenvalue weighted by Crippen LogP contribution is -2.64. The summed E-state index contributed by atoms with van der Waals surface area (Å²) in [5, 5.41) is 56.3. The normalized spacial score (nSPS) is 39.4. The van der Waals surface area contributed by atoms with Crippen molar-refractivity contribution in [2.75, 3.05) is 19.7 Å². The maximum Gasteiger partial charge on any atom is 0.335 e. The number of carboxylic acids is 1. The number of nitrogens with one attached hydrogen (secondary N) is 2. The molecule has 2 amide bonds. The Kier molecular flexibility index (Phi) is 12.3. The molecule has 0 radical (unpaired) electrons. The van der Waals surface area contributed by atoms with Crippen LogP contribution in [0.2, 0.25) is 0 Å². The van der Waals surface area contributed by atoms with E-state index in [2.05, 4.69) is 22.8 Å². The number of rotatable bonds is 10. The second-order valence-electron chi connectivity index (χ2n) is 10.5. The van der Waals surface area contributed by atoms with E-state index in [0.29, 0.717) is 0 Å². The van der Waals surface area contributed by atoms with Gasteiger partial charge in [-0.1, -0.05) is 19.1 Å². The minimum atomic E-state index is -1.71. The average Bonchev–Trinajstić information content (AvgIpc) is 2.90. The summed E-state index contributed by atoms with van der Waals surface area (Å²) in [6.45, 7) is 2.91. The summed E-state index contributed by atoms with van der Waals surface area (Å²) in [5.41, 5.74) is 0. The number of carboxylic acid groups (broad SMARTS) is 1. The van der Waals surface area contributed by atoms with Gasteiger partial charge in [-0.3, -0.25) is 9.59 Å². The van der Waals surface area contributed by atoms with E-state index in [9.17, 15) is 39.9 Å². The Hall–Kier alpha value is -2.17. The van der Waals surface area contributed by atoms with Gasteiger partial charge in [-0.15, -0.1) is 0 Å². The van der Waals surface area contributed by atoms with Gasteiger partial charge in [-0.05, 0) is 39.0 Å². The Morgan fingerprint density at radius 3 is 2.30 bits per heavy atom. The molecule has 3 rings (SSSR count). The molecule has 0 spiro atoms. The molecule has 7 N–H and O–H groups in total. The van der Waals surface area contributed by atoms with Crippen LogP contribution in [0.5, 0.6) is 0 Å². The Balaban J connectivity index is 1.48. The van der Waals surface area contributed by atoms with Crippen LogP contribution in [0.25, 0.3) is 0 Å². The van der Waals surface area contributed by atoms with Crippen LogP contribution in [-0.4, -0.2) is 124 Å². The fourth-order valence-electron chi connectivity index (χ4n) is 4.98. The van der Waals surface area contributed by atoms with Crippen molar-refractivity contribution in [3.8, 4) is 0 Å². The van der Waals surface area contributed by atoms with E-state index in [1.54, 1.807) is 0 Å². The zero-order valence-electron chi connectivity index (χ0n) is 22.8. The summed E-state index contributed by atoms with van der Waals surface area (Å²) in [4.78, 5) is 36.6. The third kappa shape index (κ3) is 8.42. The van der Waals surface area contributed by atoms with E-state index in [0.717, 1.165) is 32.1 Å². The van der Waals surface area contributed by atoms with Crippen molar-refractivity contribution in [1.82, 2.24) is 10.6 Å². The smallest absolute Gasteiger partial charge is 0.335 e. The van der Waals surface area contributed by atoms with Crippen molar-refractivity contribution >= 4 is 17.8 Å². The molecule has 3 aliphatic rings. The summed E-state index contributed by atoms with van der Waals surface area (Å²) in [6.07, 6.45) is -4.83. The number of amides is 2. The minimum absolute atomic E-state index is 0.0241. The van der Waals surface area contributed by atoms with Gasteiger partial charge in [0.25, 0.3) is 0 Å². The highest BCUT2D eigenvalue weighted by atomic mass is 16.7. The molecule has 40 heavy (non-hydrogen) atoms. The highest BCUT2D eigenvalue weighted by molar-refractivity contribution is 5.81. The van der Waals surface area contributed by atoms with Crippen molar-refractivity contribution < 1.29 is 58.9 Å². The zero-order valence-corrected chi connectivity index (χ0v) is 22.8. The van der Waals surface area contributed by atoms with Gasteiger partial charge in [-0.25, -0.2) is 4.79 Å². The van der Waals surface area contributed by atoms with Crippen molar-refractivity contribution in [1.29, 1.82) is 0 Å². The third-order valence-corrected chi connectivity index (χ3v) is 7.46. The number of allylic oxidation sites excluding steroid dienone is 2. The Bertz CT molecular complexity index is 888. The molecule has 0 aromatic heterocycles. The fraction of sp³-hybridized carbons (Fsp3) is 0.808. The molecule has 14 heteroatoms. The largest absolute Gasteiger partial charge is 0.479 e. The van der Waals surface area contributed by atoms with E-state index in [1.165, 1.54) is 13.8 Å². The van der Waals surface area contributed by atoms with E-state index in [-0.39, 0.29) is 31.7 Å². The second kappa shape index (κ2) is 15.2. The first-order valence-electron chi connectivity index (χ1n) is 13.7. The van der Waals surface area contributed by atoms with Crippen molar-refractivity contribution in [2.24, 2.45) is 5.92 Å². The van der Waals surface area contributed by atoms with Crippen molar-refractivity contribution in [2.45, 2.75) is 107 Å². The molecule has 2 fully saturated rings. The quantitative estimate of drug-likeness (QED) is 0.114. The molecule has 2 saturated heterocycles. The minimum Gasteiger partial charge on any atom is -0.479 e. The molecule has 14 nitrogen and oxygen atoms in total. The molecule has 4 unspecified atom stereocenters. The molecule has 0 aromatic rings. The number of aliphatic carboxylic acids is 1. The molecular formula is C26H42N2O12. The highest BCUT2D eigenvalue weighted by Gasteiger charge is 2.52. The Morgan fingerprint density at radius 2 is 1.57 bits per heavy atom. The van der Waals surface area contributed by atoms with Crippen LogP contribution in [0.1, 0.15) is 46.0 Å². The van der Waals surface area contributed by atoms with Gasteiger partial charge in [0.15, 0.2) is 12.4 Å². The second-order valence-corrected chi connectivity index (χ2v) is 10.5. The van der Waals surface area contributed by atoms with Crippen LogP contribution in [0, 0.1) is 5.92 Å². The summed E-state index contributed by atoms with van der Waals surface area (Å²) in [5.74, 6) is -3.35. The van der Waals surface area contributed by atoms with Gasteiger partial charge in [0.2, 0.25) is 11.8 Å². The Labute approximate surface area is 232 Å². The van der Waals surface area contributed by atoms with Crippen molar-refractivity contribution in [3.05, 3.63) is 12.2 Å². The number of aliphatic hydroxyl groups is 4. The van der Waals surface area contributed by atoms with Gasteiger partial charge in [0.05, 0.1) is 18.3 Å². The first-order valence-corrected chi connectivity index (χ1v) is 13.7. The fourth-order valence-corrected chi connectivity index (χ4v) is 4.98. The van der Waals surface area contributed by atoms with Gasteiger partial charge < -0.3 is 55.1 Å². The predicted octanol–water partition coefficient (Wildman–Crippen LogP) is -1.81. The molecule has 0 aromatic carbocycles. The summed E-state index contributed by atoms with van der Waals surface area (Å²) < 4.78 is 22.0. The number of carbonyl (C=O) groups is 3. The van der Waals surface area contributed by atoms with E-state index in [4.69, 9.17) is 18.9 Å². The third-order valence-electron chi connectivity index (χ3n) is 7.46. The zero-order chi connectivity index (χ0) is 29.4. The molecule has 1 aliphatic carbocycles. The molecule has 0 bridgehead atoms. The monoisotopic (exact) mass is 574 g/mol. The topological polar surface area (TPSA) is 213 Å². The summed E-state index contributed by atoms with van der Waals surface area (Å²) in [6, 6.07) is 0. The first kappa shape index (κ1) is 32.3. The molecule has 228 valence electrons. The Morgan fingerprint density at radius 1 is 0.875 bits per heavy atom. The molecule has 11 atom stereocenters. The lowest BCUT2D eigenvalue weighted by molar-refractivity contribution is -0.324. The molecule has 2 aliphatic heterocycles. The number of carbonyl (C=O) groups excluding carboxylic acids is 2. The molecular weight excluding hydrogens is 532 g/mol. The standard InChI is InChI=1S/C26H42N2O12/c1-13-17(30)20(33)26(40-22-19(32)18(31)14(2)38-23(22)25(35)36)39-21(13)24(34)28-11-10-27-16(29)12-37-15-8-6-4-3-5-7-9-15/h3-4,13-15,17-23,26,30-33H,5-12H2,1-2H3,(H,27,29)(H,28,34)(H,35,36)/b4-3+/t13-,14-,15-,17+,18?,19-,20?,21?,22-,23?,26-/m0/s1. The SMILES string of the molecule is C[C@@H]1OC(C(=O)O)[C@@H](O[C@@H]2OC(C(=O)NCCNC(=O)CO[C@H]3CC/C=C/CCC3)[C@@H](C)[C@@H](O)C2O)[C@@H](O)C1O. The van der Waals surface area contributed by atoms with Gasteiger partial charge >= 0.3 is 5.97 Å². The van der Waals surface area contributed by atoms with E-state index < -0.39 is 72.9 Å². The van der Waals surface area contributed by atoms with Gasteiger partial charge in [0.1, 0.15) is 37.1 Å². The maximum absolute atomic E-state index is 12.8. The van der Waals surface area contributed by atoms with E-state index in [1.807, 2.05) is 0 Å². The average molecular weight is 575 g/mol. The van der Waals surface area contributed by atoms with E-state index >= 15 is 0 Å². The number of aliphatic hydroxyl groups excluding tert-OH is 4. The predicted molar refractivity (Wildman–Crippen MR) is 137 cm³/mol. The number of ether oxygens (including phenoxy) is 4. The van der Waals surface area contributed by atoms with Crippen LogP contribution in [0.3, 0.4) is 0 Å². The number of hydrogen-bond donors (Lipinski definition) is 7. The van der Waals surface area contributed by atoms with Crippen molar-refractivity contribution in [3.63, 3.8) is 0 Å². The van der Waals surface area contributed by atoms with Gasteiger partial charge in [-0.2, -0.15) is 0 Å². The summed E-state index contributed by atoms with van der Waals surface area (Å²) >= 11 is 0. The lowest BCUT2D eigenvalue weighted by atomic mass is 9.89.